The zero-order chi connectivity index (χ0) is 29.2. The lowest BCUT2D eigenvalue weighted by Gasteiger charge is -2.22. The van der Waals surface area contributed by atoms with E-state index in [-0.39, 0.29) is 5.41 Å². The van der Waals surface area contributed by atoms with Crippen LogP contribution in [-0.2, 0) is 5.41 Å². The summed E-state index contributed by atoms with van der Waals surface area (Å²) in [5, 5.41) is 10.4. The highest BCUT2D eigenvalue weighted by atomic mass is 16.3. The van der Waals surface area contributed by atoms with Gasteiger partial charge in [-0.05, 0) is 78.5 Å². The average molecular weight is 545 g/mol. The molecule has 0 saturated heterocycles. The first-order chi connectivity index (χ1) is 20.4. The smallest absolute Gasteiger partial charge is 0.143 e. The molecule has 0 aliphatic heterocycles. The van der Waals surface area contributed by atoms with E-state index in [1.807, 2.05) is 26.0 Å². The molecular formula is C41H36O. The summed E-state index contributed by atoms with van der Waals surface area (Å²) in [7, 11) is 0. The molecule has 0 radical (unpaired) electrons. The normalized spacial score (nSPS) is 12.0. The van der Waals surface area contributed by atoms with Gasteiger partial charge in [-0.2, -0.15) is 0 Å². The summed E-state index contributed by atoms with van der Waals surface area (Å²) >= 11 is 0. The van der Waals surface area contributed by atoms with E-state index in [1.54, 1.807) is 0 Å². The maximum atomic E-state index is 6.32. The minimum Gasteiger partial charge on any atom is -0.455 e. The summed E-state index contributed by atoms with van der Waals surface area (Å²) in [6, 6.07) is 40.1. The van der Waals surface area contributed by atoms with E-state index in [0.29, 0.717) is 0 Å². The van der Waals surface area contributed by atoms with Crippen LogP contribution in [0.4, 0.5) is 0 Å². The zero-order valence-corrected chi connectivity index (χ0v) is 25.3. The third-order valence-electron chi connectivity index (χ3n) is 8.70. The summed E-state index contributed by atoms with van der Waals surface area (Å²) in [5.74, 6) is 0. The fraction of sp³-hybridized carbons (Fsp3) is 0.171. The Kier molecular flexibility index (Phi) is 6.10. The van der Waals surface area contributed by atoms with Crippen LogP contribution in [0.1, 0.15) is 45.7 Å². The van der Waals surface area contributed by atoms with Crippen LogP contribution in [0.15, 0.2) is 114 Å². The quantitative estimate of drug-likeness (QED) is 0.197. The van der Waals surface area contributed by atoms with Crippen LogP contribution in [0.5, 0.6) is 0 Å². The van der Waals surface area contributed by atoms with Crippen molar-refractivity contribution in [3.8, 4) is 22.3 Å². The van der Waals surface area contributed by atoms with Gasteiger partial charge in [0, 0.05) is 16.3 Å². The van der Waals surface area contributed by atoms with E-state index in [4.69, 9.17) is 4.42 Å². The molecule has 0 bridgehead atoms. The maximum Gasteiger partial charge on any atom is 0.143 e. The number of hydrogen-bond acceptors (Lipinski definition) is 1. The Hall–Kier alpha value is -4.62. The van der Waals surface area contributed by atoms with E-state index in [0.717, 1.165) is 33.1 Å². The fourth-order valence-electron chi connectivity index (χ4n) is 6.57. The Balaban J connectivity index is 0.00000141. The summed E-state index contributed by atoms with van der Waals surface area (Å²) in [6.45, 7) is 13.1. The van der Waals surface area contributed by atoms with Crippen LogP contribution in [0.25, 0.3) is 76.5 Å². The first-order valence-corrected chi connectivity index (χ1v) is 15.1. The van der Waals surface area contributed by atoms with E-state index >= 15 is 0 Å². The molecule has 7 aromatic carbocycles. The third kappa shape index (κ3) is 3.99. The molecule has 1 nitrogen and oxygen atoms in total. The van der Waals surface area contributed by atoms with Gasteiger partial charge < -0.3 is 4.42 Å². The van der Waals surface area contributed by atoms with Crippen molar-refractivity contribution in [2.75, 3.05) is 0 Å². The van der Waals surface area contributed by atoms with Crippen molar-refractivity contribution in [1.29, 1.82) is 0 Å². The van der Waals surface area contributed by atoms with Crippen molar-refractivity contribution in [3.05, 3.63) is 120 Å². The highest BCUT2D eigenvalue weighted by molar-refractivity contribution is 6.26. The van der Waals surface area contributed by atoms with Crippen LogP contribution in [0.2, 0.25) is 0 Å². The van der Waals surface area contributed by atoms with Gasteiger partial charge in [0.25, 0.3) is 0 Å². The second-order valence-electron chi connectivity index (χ2n) is 12.2. The van der Waals surface area contributed by atoms with Crippen LogP contribution < -0.4 is 0 Å². The largest absolute Gasteiger partial charge is 0.455 e. The highest BCUT2D eigenvalue weighted by Crippen LogP contribution is 2.43. The van der Waals surface area contributed by atoms with Crippen molar-refractivity contribution in [2.45, 2.75) is 47.0 Å². The first kappa shape index (κ1) is 26.3. The van der Waals surface area contributed by atoms with E-state index < -0.39 is 0 Å². The van der Waals surface area contributed by atoms with Gasteiger partial charge in [0.05, 0.1) is 0 Å². The Bertz CT molecular complexity index is 2220. The number of rotatable bonds is 2. The summed E-state index contributed by atoms with van der Waals surface area (Å²) in [6.07, 6.45) is 0. The van der Waals surface area contributed by atoms with Gasteiger partial charge in [-0.25, -0.2) is 0 Å². The van der Waals surface area contributed by atoms with Gasteiger partial charge in [-0.3, -0.25) is 0 Å². The summed E-state index contributed by atoms with van der Waals surface area (Å²) in [4.78, 5) is 0. The van der Waals surface area contributed by atoms with Crippen molar-refractivity contribution in [2.24, 2.45) is 0 Å². The predicted molar refractivity (Wildman–Crippen MR) is 183 cm³/mol. The molecule has 42 heavy (non-hydrogen) atoms. The van der Waals surface area contributed by atoms with Crippen LogP contribution >= 0.6 is 0 Å². The van der Waals surface area contributed by atoms with Gasteiger partial charge in [0.1, 0.15) is 11.2 Å². The number of hydrogen-bond donors (Lipinski definition) is 0. The lowest BCUT2D eigenvalue weighted by Crippen LogP contribution is -2.10. The molecule has 0 aliphatic carbocycles. The van der Waals surface area contributed by atoms with Crippen LogP contribution in [0, 0.1) is 6.92 Å². The molecule has 8 aromatic rings. The predicted octanol–water partition coefficient (Wildman–Crippen LogP) is 12.4. The summed E-state index contributed by atoms with van der Waals surface area (Å²) in [5.41, 5.74) is 9.49. The van der Waals surface area contributed by atoms with E-state index in [2.05, 4.69) is 125 Å². The molecule has 8 rings (SSSR count). The molecule has 0 spiro atoms. The molecule has 1 aromatic heterocycles. The Morgan fingerprint density at radius 3 is 1.83 bits per heavy atom. The van der Waals surface area contributed by atoms with Gasteiger partial charge in [-0.1, -0.05) is 138 Å². The standard InChI is InChI=1S/C39H30O.C2H6/c1-23-20-34(32-19-17-27-22-28(39(2,3)4)21-26-16-18-29(23)37(32)36(26)27)25-14-12-24(13-15-25)30-9-7-10-33-31-8-5-6-11-35(31)40-38(30)33;1-2/h5-22H,1-4H3;1-2H3. The molecule has 1 heteroatoms. The molecule has 0 saturated carbocycles. The zero-order valence-electron chi connectivity index (χ0n) is 25.3. The number of benzene rings is 7. The van der Waals surface area contributed by atoms with Crippen molar-refractivity contribution >= 4 is 54.3 Å². The van der Waals surface area contributed by atoms with Crippen molar-refractivity contribution < 1.29 is 4.42 Å². The SMILES string of the molecule is CC.Cc1cc(-c2ccc(-c3cccc4c3oc3ccccc34)cc2)c2ccc3cc(C(C)(C)C)cc4ccc1c2c43. The number of aryl methyl sites for hydroxylation is 1. The lowest BCUT2D eigenvalue weighted by molar-refractivity contribution is 0.591. The third-order valence-corrected chi connectivity index (χ3v) is 8.70. The Labute approximate surface area is 247 Å². The van der Waals surface area contributed by atoms with Crippen molar-refractivity contribution in [3.63, 3.8) is 0 Å². The molecular weight excluding hydrogens is 508 g/mol. The minimum atomic E-state index is 0.111. The molecule has 0 atom stereocenters. The number of fused-ring (bicyclic) bond motifs is 3. The number of para-hydroxylation sites is 2. The van der Waals surface area contributed by atoms with Gasteiger partial charge in [0.2, 0.25) is 0 Å². The lowest BCUT2D eigenvalue weighted by atomic mass is 9.82. The Morgan fingerprint density at radius 2 is 1.14 bits per heavy atom. The summed E-state index contributed by atoms with van der Waals surface area (Å²) < 4.78 is 6.32. The molecule has 0 N–H and O–H groups in total. The van der Waals surface area contributed by atoms with Crippen LogP contribution in [-0.4, -0.2) is 0 Å². The van der Waals surface area contributed by atoms with Crippen molar-refractivity contribution in [1.82, 2.24) is 0 Å². The molecule has 0 amide bonds. The second kappa shape index (κ2) is 9.74. The molecule has 0 fully saturated rings. The Morgan fingerprint density at radius 1 is 0.524 bits per heavy atom. The second-order valence-corrected chi connectivity index (χ2v) is 12.2. The van der Waals surface area contributed by atoms with Crippen LogP contribution in [0.3, 0.4) is 0 Å². The van der Waals surface area contributed by atoms with Gasteiger partial charge in [-0.15, -0.1) is 0 Å². The van der Waals surface area contributed by atoms with Gasteiger partial charge in [0.15, 0.2) is 0 Å². The van der Waals surface area contributed by atoms with Gasteiger partial charge >= 0.3 is 0 Å². The topological polar surface area (TPSA) is 13.1 Å². The minimum absolute atomic E-state index is 0.111. The monoisotopic (exact) mass is 544 g/mol. The molecule has 206 valence electrons. The molecule has 0 unspecified atom stereocenters. The average Bonchev–Trinajstić information content (AvgIpc) is 3.40. The molecule has 1 heterocycles. The highest BCUT2D eigenvalue weighted by Gasteiger charge is 2.19. The van der Waals surface area contributed by atoms with E-state index in [1.165, 1.54) is 54.6 Å². The molecule has 0 aliphatic rings. The fourth-order valence-corrected chi connectivity index (χ4v) is 6.57. The first-order valence-electron chi connectivity index (χ1n) is 15.1. The maximum absolute atomic E-state index is 6.32. The van der Waals surface area contributed by atoms with E-state index in [9.17, 15) is 0 Å². The number of furan rings is 1.